The van der Waals surface area contributed by atoms with E-state index in [-0.39, 0.29) is 23.7 Å². The normalized spacial score (nSPS) is 23.6. The first-order chi connectivity index (χ1) is 17.8. The molecule has 8 heteroatoms. The van der Waals surface area contributed by atoms with E-state index in [9.17, 15) is 18.0 Å². The number of hydrogen-bond acceptors (Lipinski definition) is 4. The molecule has 1 aliphatic carbocycles. The van der Waals surface area contributed by atoms with E-state index < -0.39 is 11.7 Å². The van der Waals surface area contributed by atoms with Gasteiger partial charge in [-0.2, -0.15) is 13.2 Å². The molecule has 3 fully saturated rings. The molecule has 0 N–H and O–H groups in total. The largest absolute Gasteiger partial charge is 0.497 e. The summed E-state index contributed by atoms with van der Waals surface area (Å²) in [4.78, 5) is 19.9. The fraction of sp³-hybridized carbons (Fsp3) is 0.552. The minimum Gasteiger partial charge on any atom is -0.497 e. The van der Waals surface area contributed by atoms with E-state index in [1.165, 1.54) is 12.1 Å². The van der Waals surface area contributed by atoms with Crippen molar-refractivity contribution >= 4 is 11.6 Å². The molecule has 0 radical (unpaired) electrons. The summed E-state index contributed by atoms with van der Waals surface area (Å²) in [5, 5.41) is 0. The van der Waals surface area contributed by atoms with Crippen LogP contribution in [0.5, 0.6) is 5.75 Å². The van der Waals surface area contributed by atoms with Gasteiger partial charge in [-0.3, -0.25) is 9.69 Å². The first-order valence-electron chi connectivity index (χ1n) is 13.4. The zero-order valence-corrected chi connectivity index (χ0v) is 21.4. The predicted octanol–water partition coefficient (Wildman–Crippen LogP) is 5.27. The van der Waals surface area contributed by atoms with Crippen molar-refractivity contribution in [2.24, 2.45) is 11.8 Å². The lowest BCUT2D eigenvalue weighted by atomic mass is 9.87. The molecule has 2 heterocycles. The van der Waals surface area contributed by atoms with Gasteiger partial charge in [0.05, 0.1) is 12.7 Å². The summed E-state index contributed by atoms with van der Waals surface area (Å²) in [7, 11) is 1.67. The number of amides is 1. The Kier molecular flexibility index (Phi) is 7.65. The minimum atomic E-state index is -4.38. The second-order valence-electron chi connectivity index (χ2n) is 10.7. The molecule has 0 spiro atoms. The Hall–Kier alpha value is -2.74. The molecular weight excluding hydrogens is 479 g/mol. The number of piperazine rings is 1. The van der Waals surface area contributed by atoms with Crippen LogP contribution in [-0.4, -0.2) is 68.6 Å². The third-order valence-corrected chi connectivity index (χ3v) is 8.38. The van der Waals surface area contributed by atoms with Crippen molar-refractivity contribution in [3.05, 3.63) is 59.7 Å². The third-order valence-electron chi connectivity index (χ3n) is 8.38. The van der Waals surface area contributed by atoms with Gasteiger partial charge in [-0.15, -0.1) is 0 Å². The standard InChI is InChI=1S/C29H36F3N3O2/c1-37-26-11-5-10-25(17-26)34-14-12-33(13-15-34)18-23-19-35(28(36)21-6-2-3-7-21)20-27(23)22-8-4-9-24(16-22)29(30,31)32/h4-5,8-11,16-17,21,23,27H,2-3,6-7,12-15,18-20H2,1H3/t23-,27-/m1/s1. The molecule has 0 bridgehead atoms. The van der Waals surface area contributed by atoms with Crippen LogP contribution >= 0.6 is 0 Å². The highest BCUT2D eigenvalue weighted by Gasteiger charge is 2.40. The van der Waals surface area contributed by atoms with Crippen molar-refractivity contribution in [2.45, 2.75) is 37.8 Å². The molecule has 2 aromatic rings. The summed E-state index contributed by atoms with van der Waals surface area (Å²) in [5.41, 5.74) is 1.21. The van der Waals surface area contributed by atoms with Crippen LogP contribution in [0.4, 0.5) is 18.9 Å². The van der Waals surface area contributed by atoms with Gasteiger partial charge >= 0.3 is 6.18 Å². The van der Waals surface area contributed by atoms with Crippen molar-refractivity contribution < 1.29 is 22.7 Å². The lowest BCUT2D eigenvalue weighted by Crippen LogP contribution is -2.48. The number of rotatable bonds is 6. The number of anilines is 1. The minimum absolute atomic E-state index is 0.0762. The van der Waals surface area contributed by atoms with Gasteiger partial charge in [0.15, 0.2) is 0 Å². The molecule has 3 aliphatic rings. The predicted molar refractivity (Wildman–Crippen MR) is 138 cm³/mol. The first kappa shape index (κ1) is 25.9. The number of carbonyl (C=O) groups excluding carboxylic acids is 1. The third kappa shape index (κ3) is 5.89. The average molecular weight is 516 g/mol. The first-order valence-corrected chi connectivity index (χ1v) is 13.4. The van der Waals surface area contributed by atoms with Gasteiger partial charge < -0.3 is 14.5 Å². The zero-order chi connectivity index (χ0) is 26.0. The van der Waals surface area contributed by atoms with Crippen LogP contribution < -0.4 is 9.64 Å². The van der Waals surface area contributed by atoms with Gasteiger partial charge in [-0.25, -0.2) is 0 Å². The number of likely N-dealkylation sites (tertiary alicyclic amines) is 1. The summed E-state index contributed by atoms with van der Waals surface area (Å²) in [6.45, 7) is 5.40. The molecule has 37 heavy (non-hydrogen) atoms. The Labute approximate surface area is 217 Å². The van der Waals surface area contributed by atoms with Crippen LogP contribution in [0, 0.1) is 11.8 Å². The van der Waals surface area contributed by atoms with E-state index in [0.29, 0.717) is 18.7 Å². The number of carbonyl (C=O) groups is 1. The summed E-state index contributed by atoms with van der Waals surface area (Å²) < 4.78 is 45.8. The van der Waals surface area contributed by atoms with Crippen LogP contribution in [0.1, 0.15) is 42.7 Å². The van der Waals surface area contributed by atoms with E-state index in [1.807, 2.05) is 23.1 Å². The van der Waals surface area contributed by atoms with Crippen molar-refractivity contribution in [2.75, 3.05) is 57.8 Å². The number of benzene rings is 2. The van der Waals surface area contributed by atoms with Gasteiger partial charge in [0, 0.05) is 69.4 Å². The van der Waals surface area contributed by atoms with Gasteiger partial charge in [0.25, 0.3) is 0 Å². The Morgan fingerprint density at radius 1 is 0.973 bits per heavy atom. The number of ether oxygens (including phenoxy) is 1. The molecule has 1 amide bonds. The molecule has 5 nitrogen and oxygen atoms in total. The fourth-order valence-corrected chi connectivity index (χ4v) is 6.32. The molecule has 200 valence electrons. The van der Waals surface area contributed by atoms with Crippen LogP contribution in [0.2, 0.25) is 0 Å². The van der Waals surface area contributed by atoms with Crippen molar-refractivity contribution in [1.29, 1.82) is 0 Å². The molecule has 2 atom stereocenters. The fourth-order valence-electron chi connectivity index (χ4n) is 6.32. The van der Waals surface area contributed by atoms with Gasteiger partial charge in [0.2, 0.25) is 5.91 Å². The molecular formula is C29H36F3N3O2. The maximum Gasteiger partial charge on any atom is 0.416 e. The molecule has 2 saturated heterocycles. The molecule has 0 aromatic heterocycles. The summed E-state index contributed by atoms with van der Waals surface area (Å²) in [5.74, 6) is 1.12. The Bertz CT molecular complexity index is 1080. The Balaban J connectivity index is 1.29. The number of alkyl halides is 3. The van der Waals surface area contributed by atoms with E-state index >= 15 is 0 Å². The van der Waals surface area contributed by atoms with E-state index in [0.717, 1.165) is 75.9 Å². The molecule has 2 aliphatic heterocycles. The van der Waals surface area contributed by atoms with Crippen LogP contribution in [0.3, 0.4) is 0 Å². The quantitative estimate of drug-likeness (QED) is 0.525. The highest BCUT2D eigenvalue weighted by molar-refractivity contribution is 5.79. The van der Waals surface area contributed by atoms with E-state index in [2.05, 4.69) is 15.9 Å². The number of nitrogens with zero attached hydrogens (tertiary/aromatic N) is 3. The zero-order valence-electron chi connectivity index (χ0n) is 21.4. The summed E-state index contributed by atoms with van der Waals surface area (Å²) in [6.07, 6.45) is -0.342. The number of hydrogen-bond donors (Lipinski definition) is 0. The Morgan fingerprint density at radius 2 is 1.70 bits per heavy atom. The van der Waals surface area contributed by atoms with Crippen molar-refractivity contribution in [3.63, 3.8) is 0 Å². The van der Waals surface area contributed by atoms with Crippen LogP contribution in [-0.2, 0) is 11.0 Å². The maximum atomic E-state index is 13.5. The highest BCUT2D eigenvalue weighted by atomic mass is 19.4. The van der Waals surface area contributed by atoms with Crippen LogP contribution in [0.15, 0.2) is 48.5 Å². The van der Waals surface area contributed by atoms with E-state index in [4.69, 9.17) is 4.74 Å². The monoisotopic (exact) mass is 515 g/mol. The average Bonchev–Trinajstić information content (AvgIpc) is 3.59. The van der Waals surface area contributed by atoms with Gasteiger partial charge in [0.1, 0.15) is 5.75 Å². The van der Waals surface area contributed by atoms with E-state index in [1.54, 1.807) is 13.2 Å². The molecule has 2 aromatic carbocycles. The van der Waals surface area contributed by atoms with Crippen molar-refractivity contribution in [3.8, 4) is 5.75 Å². The molecule has 1 saturated carbocycles. The highest BCUT2D eigenvalue weighted by Crippen LogP contribution is 2.39. The molecule has 5 rings (SSSR count). The SMILES string of the molecule is COc1cccc(N2CCN(C[C@@H]3CN(C(=O)C4CCCC4)C[C@@H]3c3cccc(C(F)(F)F)c3)CC2)c1. The second-order valence-corrected chi connectivity index (χ2v) is 10.7. The number of methoxy groups -OCH3 is 1. The van der Waals surface area contributed by atoms with Crippen molar-refractivity contribution in [1.82, 2.24) is 9.80 Å². The van der Waals surface area contributed by atoms with Gasteiger partial charge in [-0.1, -0.05) is 37.1 Å². The maximum absolute atomic E-state index is 13.5. The Morgan fingerprint density at radius 3 is 2.41 bits per heavy atom. The topological polar surface area (TPSA) is 36.0 Å². The lowest BCUT2D eigenvalue weighted by Gasteiger charge is -2.38. The lowest BCUT2D eigenvalue weighted by molar-refractivity contribution is -0.137. The summed E-state index contributed by atoms with van der Waals surface area (Å²) in [6, 6.07) is 13.8. The summed E-state index contributed by atoms with van der Waals surface area (Å²) >= 11 is 0. The second kappa shape index (κ2) is 10.9. The smallest absolute Gasteiger partial charge is 0.416 e. The van der Waals surface area contributed by atoms with Gasteiger partial charge in [-0.05, 0) is 42.5 Å². The molecule has 0 unspecified atom stereocenters. The van der Waals surface area contributed by atoms with Crippen LogP contribution in [0.25, 0.3) is 0 Å². The number of halogens is 3.